The smallest absolute Gasteiger partial charge is 0.295 e. The van der Waals surface area contributed by atoms with Crippen LogP contribution >= 0.6 is 0 Å². The Morgan fingerprint density at radius 2 is 1.92 bits per heavy atom. The summed E-state index contributed by atoms with van der Waals surface area (Å²) in [6.07, 6.45) is 2.27. The predicted molar refractivity (Wildman–Crippen MR) is 95.1 cm³/mol. The third kappa shape index (κ3) is 3.91. The summed E-state index contributed by atoms with van der Waals surface area (Å²) in [4.78, 5) is 6.23. The Bertz CT molecular complexity index is 710. The highest BCUT2D eigenvalue weighted by Crippen LogP contribution is 2.33. The molecule has 3 rings (SSSR count). The summed E-state index contributed by atoms with van der Waals surface area (Å²) in [6, 6.07) is 18.0. The number of benzene rings is 2. The first-order valence-corrected chi connectivity index (χ1v) is 8.48. The summed E-state index contributed by atoms with van der Waals surface area (Å²) in [5.74, 6) is 0.786. The molecule has 0 radical (unpaired) electrons. The molecule has 1 aliphatic rings. The number of likely N-dealkylation sites (tertiary alicyclic amines) is 1. The highest BCUT2D eigenvalue weighted by atomic mass is 16.3. The number of piperidine rings is 1. The first-order chi connectivity index (χ1) is 11.8. The van der Waals surface area contributed by atoms with Crippen LogP contribution in [0.25, 0.3) is 0 Å². The van der Waals surface area contributed by atoms with Gasteiger partial charge in [0.25, 0.3) is 6.72 Å². The van der Waals surface area contributed by atoms with Gasteiger partial charge >= 0.3 is 0 Å². The Morgan fingerprint density at radius 3 is 2.67 bits per heavy atom. The van der Waals surface area contributed by atoms with Crippen LogP contribution in [0.3, 0.4) is 0 Å². The van der Waals surface area contributed by atoms with E-state index in [2.05, 4.69) is 33.7 Å². The lowest BCUT2D eigenvalue weighted by Crippen LogP contribution is -2.37. The van der Waals surface area contributed by atoms with Gasteiger partial charge in [-0.05, 0) is 31.0 Å². The zero-order valence-corrected chi connectivity index (χ0v) is 13.9. The number of rotatable bonds is 5. The standard InChI is InChI=1S/C20H23N3O/c1-21-22-20(16-8-3-2-4-9-16)18-11-7-13-23(15-18)14-17-10-5-6-12-19(17)24/h2-6,8-10,12,18,20H,1,7,11,13-15H2/p+1/t18-,20?/m0/s1. The van der Waals surface area contributed by atoms with Crippen molar-refractivity contribution in [2.24, 2.45) is 11.0 Å². The van der Waals surface area contributed by atoms with Crippen LogP contribution in [0.2, 0.25) is 0 Å². The summed E-state index contributed by atoms with van der Waals surface area (Å²) in [7, 11) is 0. The summed E-state index contributed by atoms with van der Waals surface area (Å²) in [5.41, 5.74) is 2.17. The number of para-hydroxylation sites is 1. The van der Waals surface area contributed by atoms with Gasteiger partial charge in [-0.2, -0.15) is 0 Å². The molecular weight excluding hydrogens is 298 g/mol. The Morgan fingerprint density at radius 1 is 1.17 bits per heavy atom. The molecule has 1 fully saturated rings. The molecule has 4 nitrogen and oxygen atoms in total. The maximum atomic E-state index is 10.0. The molecule has 2 aromatic carbocycles. The molecule has 1 N–H and O–H groups in total. The minimum absolute atomic E-state index is 0.0517. The van der Waals surface area contributed by atoms with Gasteiger partial charge in [-0.3, -0.25) is 4.90 Å². The van der Waals surface area contributed by atoms with E-state index in [1.165, 1.54) is 5.56 Å². The Hall–Kier alpha value is -2.42. The number of phenols is 1. The van der Waals surface area contributed by atoms with Crippen molar-refractivity contribution in [1.82, 2.24) is 4.90 Å². The van der Waals surface area contributed by atoms with E-state index in [4.69, 9.17) is 0 Å². The maximum absolute atomic E-state index is 10.0. The van der Waals surface area contributed by atoms with Crippen LogP contribution in [0.15, 0.2) is 59.7 Å². The van der Waals surface area contributed by atoms with E-state index < -0.39 is 0 Å². The second-order valence-corrected chi connectivity index (χ2v) is 6.38. The van der Waals surface area contributed by atoms with Gasteiger partial charge in [-0.25, -0.2) is 0 Å². The van der Waals surface area contributed by atoms with Crippen molar-refractivity contribution in [3.05, 3.63) is 65.7 Å². The second kappa shape index (κ2) is 7.91. The molecule has 4 heteroatoms. The Labute approximate surface area is 143 Å². The quantitative estimate of drug-likeness (QED) is 0.518. The number of hydrogen-bond donors (Lipinski definition) is 1. The van der Waals surface area contributed by atoms with Gasteiger partial charge in [0.15, 0.2) is 6.04 Å². The third-order valence-corrected chi connectivity index (χ3v) is 4.72. The average Bonchev–Trinajstić information content (AvgIpc) is 2.63. The largest absolute Gasteiger partial charge is 0.508 e. The van der Waals surface area contributed by atoms with Crippen LogP contribution in [-0.2, 0) is 6.54 Å². The van der Waals surface area contributed by atoms with Crippen LogP contribution in [0.5, 0.6) is 5.75 Å². The van der Waals surface area contributed by atoms with Gasteiger partial charge in [-0.15, -0.1) is 0 Å². The summed E-state index contributed by atoms with van der Waals surface area (Å²) in [6.45, 7) is 6.33. The van der Waals surface area contributed by atoms with Crippen molar-refractivity contribution in [3.8, 4) is 5.75 Å². The molecule has 0 aromatic heterocycles. The van der Waals surface area contributed by atoms with E-state index in [1.54, 1.807) is 6.07 Å². The lowest BCUT2D eigenvalue weighted by Gasteiger charge is -2.34. The lowest BCUT2D eigenvalue weighted by atomic mass is 9.87. The molecule has 1 heterocycles. The lowest BCUT2D eigenvalue weighted by molar-refractivity contribution is -0.0962. The summed E-state index contributed by atoms with van der Waals surface area (Å²) in [5, 5.41) is 14.4. The molecule has 124 valence electrons. The van der Waals surface area contributed by atoms with Crippen molar-refractivity contribution in [2.75, 3.05) is 13.1 Å². The van der Waals surface area contributed by atoms with E-state index in [9.17, 15) is 5.11 Å². The molecule has 1 saturated heterocycles. The van der Waals surface area contributed by atoms with Crippen molar-refractivity contribution in [3.63, 3.8) is 0 Å². The minimum atomic E-state index is 0.0517. The molecule has 0 bridgehead atoms. The molecule has 0 spiro atoms. The molecule has 1 unspecified atom stereocenters. The normalized spacial score (nSPS) is 19.4. The highest BCUT2D eigenvalue weighted by Gasteiger charge is 2.31. The fourth-order valence-corrected chi connectivity index (χ4v) is 3.55. The Balaban J connectivity index is 1.74. The number of phenolic OH excluding ortho intramolecular Hbond substituents is 1. The topological polar surface area (TPSA) is 49.9 Å². The fourth-order valence-electron chi connectivity index (χ4n) is 3.55. The number of aromatic hydroxyl groups is 1. The van der Waals surface area contributed by atoms with Crippen LogP contribution in [0, 0.1) is 5.92 Å². The van der Waals surface area contributed by atoms with Crippen molar-refractivity contribution < 1.29 is 9.90 Å². The summed E-state index contributed by atoms with van der Waals surface area (Å²) >= 11 is 0. The van der Waals surface area contributed by atoms with Gasteiger partial charge < -0.3 is 5.11 Å². The molecular formula is C20H24N3O+. The van der Waals surface area contributed by atoms with E-state index in [0.29, 0.717) is 11.7 Å². The van der Waals surface area contributed by atoms with Crippen LogP contribution in [0.1, 0.15) is 30.0 Å². The fraction of sp³-hybridized carbons (Fsp3) is 0.350. The average molecular weight is 322 g/mol. The predicted octanol–water partition coefficient (Wildman–Crippen LogP) is 3.71. The van der Waals surface area contributed by atoms with Gasteiger partial charge in [0, 0.05) is 29.4 Å². The van der Waals surface area contributed by atoms with Crippen LogP contribution in [0.4, 0.5) is 0 Å². The van der Waals surface area contributed by atoms with E-state index >= 15 is 0 Å². The molecule has 24 heavy (non-hydrogen) atoms. The van der Waals surface area contributed by atoms with Crippen LogP contribution in [-0.4, -0.2) is 34.6 Å². The first-order valence-electron chi connectivity index (χ1n) is 8.48. The van der Waals surface area contributed by atoms with Crippen molar-refractivity contribution >= 4 is 6.72 Å². The minimum Gasteiger partial charge on any atom is -0.508 e. The Kier molecular flexibility index (Phi) is 5.42. The van der Waals surface area contributed by atoms with Gasteiger partial charge in [-0.1, -0.05) is 48.5 Å². The zero-order chi connectivity index (χ0) is 16.8. The highest BCUT2D eigenvalue weighted by molar-refractivity contribution is 5.31. The molecule has 2 aromatic rings. The molecule has 0 aliphatic carbocycles. The first kappa shape index (κ1) is 16.4. The van der Waals surface area contributed by atoms with E-state index in [-0.39, 0.29) is 6.04 Å². The molecule has 2 atom stereocenters. The number of hydrogen-bond acceptors (Lipinski definition) is 3. The zero-order valence-electron chi connectivity index (χ0n) is 13.9. The number of nitrogens with zero attached hydrogens (tertiary/aromatic N) is 3. The van der Waals surface area contributed by atoms with Crippen LogP contribution < -0.4 is 0 Å². The van der Waals surface area contributed by atoms with Gasteiger partial charge in [0.2, 0.25) is 0 Å². The molecule has 1 aliphatic heterocycles. The SMILES string of the molecule is C=[N+]=NC(c1ccccc1)[C@H]1CCCN(Cc2ccccc2O)C1. The van der Waals surface area contributed by atoms with Crippen molar-refractivity contribution in [1.29, 1.82) is 0 Å². The van der Waals surface area contributed by atoms with E-state index in [0.717, 1.165) is 38.0 Å². The van der Waals surface area contributed by atoms with E-state index in [1.807, 2.05) is 36.4 Å². The monoisotopic (exact) mass is 322 g/mol. The van der Waals surface area contributed by atoms with Gasteiger partial charge in [0.05, 0.1) is 5.11 Å². The molecule has 0 saturated carbocycles. The summed E-state index contributed by atoms with van der Waals surface area (Å²) < 4.78 is 0. The second-order valence-electron chi connectivity index (χ2n) is 6.38. The maximum Gasteiger partial charge on any atom is 0.295 e. The molecule has 0 amide bonds. The third-order valence-electron chi connectivity index (χ3n) is 4.72. The van der Waals surface area contributed by atoms with Crippen molar-refractivity contribution in [2.45, 2.75) is 25.4 Å². The van der Waals surface area contributed by atoms with Gasteiger partial charge in [0.1, 0.15) is 5.75 Å².